The van der Waals surface area contributed by atoms with Gasteiger partial charge < -0.3 is 19.9 Å². The highest BCUT2D eigenvalue weighted by atomic mass is 32.1. The summed E-state index contributed by atoms with van der Waals surface area (Å²) in [5.41, 5.74) is 9.97. The van der Waals surface area contributed by atoms with E-state index < -0.39 is 5.54 Å². The van der Waals surface area contributed by atoms with Crippen LogP contribution in [-0.2, 0) is 10.3 Å². The molecular formula is C23H23N3O3S. The van der Waals surface area contributed by atoms with Gasteiger partial charge in [-0.3, -0.25) is 4.98 Å². The lowest BCUT2D eigenvalue weighted by atomic mass is 9.80. The molecule has 0 amide bonds. The van der Waals surface area contributed by atoms with Crippen LogP contribution in [-0.4, -0.2) is 24.2 Å². The van der Waals surface area contributed by atoms with Crippen molar-refractivity contribution in [1.29, 1.82) is 0 Å². The van der Waals surface area contributed by atoms with Crippen LogP contribution in [0.25, 0.3) is 10.4 Å². The molecule has 3 aromatic rings. The fourth-order valence-electron chi connectivity index (χ4n) is 3.74. The van der Waals surface area contributed by atoms with Crippen LogP contribution >= 0.6 is 11.3 Å². The topological polar surface area (TPSA) is 79.0 Å². The second-order valence-electron chi connectivity index (χ2n) is 8.78. The molecule has 0 aliphatic carbocycles. The number of benzene rings is 2. The summed E-state index contributed by atoms with van der Waals surface area (Å²) in [5, 5.41) is 0. The molecule has 1 aromatic heterocycles. The first-order valence-electron chi connectivity index (χ1n) is 9.81. The van der Waals surface area contributed by atoms with Crippen molar-refractivity contribution in [3.63, 3.8) is 0 Å². The van der Waals surface area contributed by atoms with E-state index in [0.717, 1.165) is 38.8 Å². The van der Waals surface area contributed by atoms with Crippen LogP contribution in [0.4, 0.5) is 0 Å². The normalized spacial score (nSPS) is 19.5. The van der Waals surface area contributed by atoms with E-state index in [2.05, 4.69) is 31.8 Å². The van der Waals surface area contributed by atoms with Gasteiger partial charge in [0, 0.05) is 17.3 Å². The molecule has 7 heteroatoms. The summed E-state index contributed by atoms with van der Waals surface area (Å²) in [7, 11) is 0. The van der Waals surface area contributed by atoms with Gasteiger partial charge in [-0.25, -0.2) is 4.99 Å². The molecule has 6 nitrogen and oxygen atoms in total. The van der Waals surface area contributed by atoms with Crippen molar-refractivity contribution in [3.8, 4) is 27.7 Å². The van der Waals surface area contributed by atoms with E-state index in [1.807, 2.05) is 42.0 Å². The maximum Gasteiger partial charge on any atom is 0.283 e. The third kappa shape index (κ3) is 3.19. The van der Waals surface area contributed by atoms with Crippen molar-refractivity contribution >= 4 is 17.4 Å². The highest BCUT2D eigenvalue weighted by Gasteiger charge is 2.47. The average molecular weight is 422 g/mol. The average Bonchev–Trinajstić information content (AvgIpc) is 3.37. The van der Waals surface area contributed by atoms with E-state index in [-0.39, 0.29) is 11.4 Å². The molecule has 0 bridgehead atoms. The number of aliphatic imine (C=N–C) groups is 1. The highest BCUT2D eigenvalue weighted by molar-refractivity contribution is 7.13. The van der Waals surface area contributed by atoms with Crippen molar-refractivity contribution in [2.75, 3.05) is 13.2 Å². The standard InChI is InChI=1S/C23H23N3O3S/c1-22(2,3)11-27-15-5-7-19-17(9-15)23(12-28-21(24)26-23)16-8-14(4-6-18(16)29-19)20-10-25-13-30-20/h4-10,13H,11-12H2,1-3H3,(H2,24,26)/t23-/m0/s1. The molecule has 0 fully saturated rings. The van der Waals surface area contributed by atoms with Gasteiger partial charge in [0.25, 0.3) is 6.02 Å². The minimum absolute atomic E-state index is 0.0549. The van der Waals surface area contributed by atoms with Gasteiger partial charge in [-0.05, 0) is 47.4 Å². The monoisotopic (exact) mass is 421 g/mol. The maximum atomic E-state index is 6.24. The minimum atomic E-state index is -0.769. The fraction of sp³-hybridized carbons (Fsp3) is 0.304. The molecule has 0 radical (unpaired) electrons. The predicted octanol–water partition coefficient (Wildman–Crippen LogP) is 4.93. The Morgan fingerprint density at radius 3 is 2.57 bits per heavy atom. The highest BCUT2D eigenvalue weighted by Crippen LogP contribution is 2.52. The first-order chi connectivity index (χ1) is 14.3. The molecule has 1 spiro atoms. The molecule has 0 saturated heterocycles. The van der Waals surface area contributed by atoms with E-state index in [0.29, 0.717) is 13.2 Å². The number of hydrogen-bond acceptors (Lipinski definition) is 7. The molecule has 0 saturated carbocycles. The van der Waals surface area contributed by atoms with E-state index >= 15 is 0 Å². The van der Waals surface area contributed by atoms with Crippen LogP contribution in [0.15, 0.2) is 53.1 Å². The number of amidine groups is 1. The van der Waals surface area contributed by atoms with Gasteiger partial charge in [0.2, 0.25) is 0 Å². The van der Waals surface area contributed by atoms with Gasteiger partial charge in [-0.2, -0.15) is 0 Å². The number of nitrogens with two attached hydrogens (primary N) is 1. The molecule has 1 atom stereocenters. The zero-order chi connectivity index (χ0) is 20.9. The van der Waals surface area contributed by atoms with E-state index in [9.17, 15) is 0 Å². The summed E-state index contributed by atoms with van der Waals surface area (Å²) < 4.78 is 18.0. The summed E-state index contributed by atoms with van der Waals surface area (Å²) in [5.74, 6) is 2.26. The Kier molecular flexibility index (Phi) is 4.25. The number of nitrogens with zero attached hydrogens (tertiary/aromatic N) is 2. The zero-order valence-electron chi connectivity index (χ0n) is 17.1. The molecule has 154 valence electrons. The van der Waals surface area contributed by atoms with Crippen molar-refractivity contribution < 1.29 is 14.2 Å². The van der Waals surface area contributed by atoms with Crippen LogP contribution in [0.2, 0.25) is 0 Å². The number of thiazole rings is 1. The Balaban J connectivity index is 1.63. The molecule has 2 aliphatic heterocycles. The first-order valence-corrected chi connectivity index (χ1v) is 10.7. The Morgan fingerprint density at radius 1 is 1.13 bits per heavy atom. The lowest BCUT2D eigenvalue weighted by molar-refractivity contribution is 0.197. The van der Waals surface area contributed by atoms with Crippen LogP contribution in [0.1, 0.15) is 31.9 Å². The SMILES string of the molecule is CC(C)(C)COc1ccc2c(c1)[C@]1(COC(N)=N1)c1cc(-c3cncs3)ccc1O2. The molecule has 2 aliphatic rings. The predicted molar refractivity (Wildman–Crippen MR) is 117 cm³/mol. The Labute approximate surface area is 179 Å². The number of fused-ring (bicyclic) bond motifs is 4. The van der Waals surface area contributed by atoms with Gasteiger partial charge in [0.1, 0.15) is 23.9 Å². The number of aromatic nitrogens is 1. The van der Waals surface area contributed by atoms with Crippen LogP contribution in [0.3, 0.4) is 0 Å². The Morgan fingerprint density at radius 2 is 1.90 bits per heavy atom. The summed E-state index contributed by atoms with van der Waals surface area (Å²) in [4.78, 5) is 10.0. The molecule has 0 unspecified atom stereocenters. The van der Waals surface area contributed by atoms with Crippen LogP contribution in [0, 0.1) is 5.41 Å². The van der Waals surface area contributed by atoms with Gasteiger partial charge in [0.15, 0.2) is 5.54 Å². The number of ether oxygens (including phenoxy) is 3. The molecule has 2 aromatic carbocycles. The van der Waals surface area contributed by atoms with Gasteiger partial charge in [-0.1, -0.05) is 20.8 Å². The molecule has 5 rings (SSSR count). The molecule has 30 heavy (non-hydrogen) atoms. The smallest absolute Gasteiger partial charge is 0.283 e. The minimum Gasteiger partial charge on any atom is -0.493 e. The van der Waals surface area contributed by atoms with Crippen molar-refractivity contribution in [1.82, 2.24) is 4.98 Å². The number of hydrogen-bond donors (Lipinski definition) is 1. The van der Waals surface area contributed by atoms with Gasteiger partial charge in [0.05, 0.1) is 17.0 Å². The summed E-state index contributed by atoms with van der Waals surface area (Å²) in [6.07, 6.45) is 1.86. The van der Waals surface area contributed by atoms with Crippen molar-refractivity contribution in [2.45, 2.75) is 26.3 Å². The second kappa shape index (κ2) is 6.74. The fourth-order valence-corrected chi connectivity index (χ4v) is 4.36. The van der Waals surface area contributed by atoms with Gasteiger partial charge in [-0.15, -0.1) is 11.3 Å². The van der Waals surface area contributed by atoms with Gasteiger partial charge >= 0.3 is 0 Å². The third-order valence-corrected chi connectivity index (χ3v) is 5.98. The maximum absolute atomic E-state index is 6.24. The Hall–Kier alpha value is -3.06. The quantitative estimate of drug-likeness (QED) is 0.649. The largest absolute Gasteiger partial charge is 0.493 e. The van der Waals surface area contributed by atoms with Crippen molar-refractivity contribution in [3.05, 3.63) is 59.2 Å². The van der Waals surface area contributed by atoms with Crippen LogP contribution < -0.4 is 15.2 Å². The number of rotatable bonds is 3. The van der Waals surface area contributed by atoms with E-state index in [1.165, 1.54) is 0 Å². The van der Waals surface area contributed by atoms with Crippen molar-refractivity contribution in [2.24, 2.45) is 16.1 Å². The molecule has 3 heterocycles. The van der Waals surface area contributed by atoms with E-state index in [4.69, 9.17) is 24.9 Å². The van der Waals surface area contributed by atoms with E-state index in [1.54, 1.807) is 11.3 Å². The molecular weight excluding hydrogens is 398 g/mol. The second-order valence-corrected chi connectivity index (χ2v) is 9.67. The first kappa shape index (κ1) is 18.9. The zero-order valence-corrected chi connectivity index (χ0v) is 18.0. The lowest BCUT2D eigenvalue weighted by Crippen LogP contribution is -2.31. The van der Waals surface area contributed by atoms with Crippen LogP contribution in [0.5, 0.6) is 17.2 Å². The summed E-state index contributed by atoms with van der Waals surface area (Å²) >= 11 is 1.59. The Bertz CT molecular complexity index is 1140. The summed E-state index contributed by atoms with van der Waals surface area (Å²) in [6, 6.07) is 12.1. The lowest BCUT2D eigenvalue weighted by Gasteiger charge is -2.34. The molecule has 2 N–H and O–H groups in total. The third-order valence-electron chi connectivity index (χ3n) is 5.16. The summed E-state index contributed by atoms with van der Waals surface area (Å²) in [6.45, 7) is 7.35.